The van der Waals surface area contributed by atoms with Crippen molar-refractivity contribution in [3.05, 3.63) is 72.8 Å². The first-order chi connectivity index (χ1) is 13.1. The van der Waals surface area contributed by atoms with Crippen molar-refractivity contribution >= 4 is 48.0 Å². The Morgan fingerprint density at radius 3 is 1.33 bits per heavy atom. The molecule has 0 bridgehead atoms. The summed E-state index contributed by atoms with van der Waals surface area (Å²) in [6.07, 6.45) is 0. The lowest BCUT2D eigenvalue weighted by molar-refractivity contribution is 0.502. The highest BCUT2D eigenvalue weighted by Gasteiger charge is 2.17. The Labute approximate surface area is 163 Å². The van der Waals surface area contributed by atoms with Gasteiger partial charge in [-0.1, -0.05) is 88.6 Å². The van der Waals surface area contributed by atoms with Gasteiger partial charge in [0.1, 0.15) is 11.5 Å². The number of hydrogen-bond donors (Lipinski definition) is 0. The standard InChI is InChI=1S/C24H24OP2/c1-26(2)21-15-13-17-9-5-7-11-19(17)23(21)25-24-20-12-8-6-10-18(20)14-16-22(24)27(3)4/h5-16H,1-4H3. The Kier molecular flexibility index (Phi) is 5.18. The van der Waals surface area contributed by atoms with Crippen molar-refractivity contribution in [3.8, 4) is 11.5 Å². The van der Waals surface area contributed by atoms with E-state index in [0.29, 0.717) is 0 Å². The third-order valence-corrected chi connectivity index (χ3v) is 7.52. The molecular weight excluding hydrogens is 366 g/mol. The second-order valence-electron chi connectivity index (χ2n) is 7.16. The van der Waals surface area contributed by atoms with Crippen LogP contribution in [-0.4, -0.2) is 26.7 Å². The molecule has 4 aromatic rings. The lowest BCUT2D eigenvalue weighted by atomic mass is 10.1. The van der Waals surface area contributed by atoms with Crippen LogP contribution in [0.1, 0.15) is 0 Å². The summed E-state index contributed by atoms with van der Waals surface area (Å²) in [5.41, 5.74) is 0. The zero-order valence-electron chi connectivity index (χ0n) is 16.2. The van der Waals surface area contributed by atoms with Gasteiger partial charge >= 0.3 is 0 Å². The minimum Gasteiger partial charge on any atom is -0.455 e. The molecule has 27 heavy (non-hydrogen) atoms. The average molecular weight is 390 g/mol. The van der Waals surface area contributed by atoms with E-state index in [2.05, 4.69) is 99.5 Å². The van der Waals surface area contributed by atoms with E-state index in [-0.39, 0.29) is 15.8 Å². The van der Waals surface area contributed by atoms with Crippen molar-refractivity contribution in [2.75, 3.05) is 26.7 Å². The molecule has 0 N–H and O–H groups in total. The van der Waals surface area contributed by atoms with Crippen molar-refractivity contribution in [3.63, 3.8) is 0 Å². The number of hydrogen-bond acceptors (Lipinski definition) is 1. The van der Waals surface area contributed by atoms with Crippen LogP contribution in [0.4, 0.5) is 0 Å². The van der Waals surface area contributed by atoms with Crippen molar-refractivity contribution in [1.82, 2.24) is 0 Å². The molecule has 0 amide bonds. The van der Waals surface area contributed by atoms with Crippen LogP contribution in [0, 0.1) is 0 Å². The monoisotopic (exact) mass is 390 g/mol. The van der Waals surface area contributed by atoms with Crippen LogP contribution in [0.3, 0.4) is 0 Å². The molecular formula is C24H24OP2. The van der Waals surface area contributed by atoms with Gasteiger partial charge in [0, 0.05) is 21.4 Å². The summed E-state index contributed by atoms with van der Waals surface area (Å²) < 4.78 is 6.82. The van der Waals surface area contributed by atoms with Gasteiger partial charge in [-0.3, -0.25) is 0 Å². The third kappa shape index (κ3) is 3.47. The maximum Gasteiger partial charge on any atom is 0.142 e. The molecule has 0 aliphatic carbocycles. The maximum absolute atomic E-state index is 6.82. The van der Waals surface area contributed by atoms with Crippen molar-refractivity contribution in [2.24, 2.45) is 0 Å². The Morgan fingerprint density at radius 2 is 0.926 bits per heavy atom. The number of benzene rings is 4. The van der Waals surface area contributed by atoms with Crippen LogP contribution < -0.4 is 15.3 Å². The van der Waals surface area contributed by atoms with E-state index in [0.717, 1.165) is 11.5 Å². The van der Waals surface area contributed by atoms with Gasteiger partial charge in [-0.15, -0.1) is 0 Å². The Hall–Kier alpha value is -1.94. The molecule has 0 radical (unpaired) electrons. The molecule has 0 unspecified atom stereocenters. The molecule has 136 valence electrons. The van der Waals surface area contributed by atoms with Crippen LogP contribution >= 0.6 is 15.8 Å². The van der Waals surface area contributed by atoms with Crippen molar-refractivity contribution in [1.29, 1.82) is 0 Å². The summed E-state index contributed by atoms with van der Waals surface area (Å²) in [4.78, 5) is 0. The third-order valence-electron chi connectivity index (χ3n) is 4.89. The number of rotatable bonds is 4. The molecule has 4 rings (SSSR count). The predicted octanol–water partition coefficient (Wildman–Crippen LogP) is 6.52. The molecule has 0 saturated carbocycles. The van der Waals surface area contributed by atoms with E-state index in [4.69, 9.17) is 4.74 Å². The van der Waals surface area contributed by atoms with E-state index in [9.17, 15) is 0 Å². The van der Waals surface area contributed by atoms with E-state index in [1.807, 2.05) is 0 Å². The smallest absolute Gasteiger partial charge is 0.142 e. The maximum atomic E-state index is 6.82. The molecule has 4 aromatic carbocycles. The van der Waals surface area contributed by atoms with Gasteiger partial charge in [-0.2, -0.15) is 0 Å². The van der Waals surface area contributed by atoms with Crippen LogP contribution in [0.2, 0.25) is 0 Å². The summed E-state index contributed by atoms with van der Waals surface area (Å²) in [5.74, 6) is 2.05. The minimum atomic E-state index is -0.274. The highest BCUT2D eigenvalue weighted by atomic mass is 31.1. The van der Waals surface area contributed by atoms with Gasteiger partial charge in [0.25, 0.3) is 0 Å². The zero-order valence-corrected chi connectivity index (χ0v) is 18.0. The van der Waals surface area contributed by atoms with Crippen LogP contribution in [0.5, 0.6) is 11.5 Å². The summed E-state index contributed by atoms with van der Waals surface area (Å²) in [6.45, 7) is 9.18. The number of fused-ring (bicyclic) bond motifs is 2. The molecule has 0 aromatic heterocycles. The Balaban J connectivity index is 2.00. The van der Waals surface area contributed by atoms with Crippen LogP contribution in [0.25, 0.3) is 21.5 Å². The highest BCUT2D eigenvalue weighted by Crippen LogP contribution is 2.41. The molecule has 0 aliphatic heterocycles. The molecule has 1 nitrogen and oxygen atoms in total. The summed E-state index contributed by atoms with van der Waals surface area (Å²) in [7, 11) is -0.547. The second-order valence-corrected chi connectivity index (χ2v) is 11.7. The van der Waals surface area contributed by atoms with Gasteiger partial charge in [-0.25, -0.2) is 0 Å². The quantitative estimate of drug-likeness (QED) is 0.361. The summed E-state index contributed by atoms with van der Waals surface area (Å²) >= 11 is 0. The minimum absolute atomic E-state index is 0.274. The Morgan fingerprint density at radius 1 is 0.519 bits per heavy atom. The first kappa shape index (κ1) is 18.4. The summed E-state index contributed by atoms with van der Waals surface area (Å²) in [6, 6.07) is 26.0. The van der Waals surface area contributed by atoms with Gasteiger partial charge in [0.2, 0.25) is 0 Å². The van der Waals surface area contributed by atoms with Crippen LogP contribution in [-0.2, 0) is 0 Å². The first-order valence-corrected chi connectivity index (χ1v) is 13.6. The molecule has 0 atom stereocenters. The van der Waals surface area contributed by atoms with E-state index < -0.39 is 0 Å². The molecule has 0 aliphatic rings. The molecule has 0 spiro atoms. The van der Waals surface area contributed by atoms with E-state index >= 15 is 0 Å². The fraction of sp³-hybridized carbons (Fsp3) is 0.167. The SMILES string of the molecule is CP(C)c1ccc2ccccc2c1Oc1c(P(C)C)ccc2ccccc12. The number of ether oxygens (including phenoxy) is 1. The molecule has 0 fully saturated rings. The fourth-order valence-corrected chi connectivity index (χ4v) is 5.37. The lowest BCUT2D eigenvalue weighted by Crippen LogP contribution is -2.10. The first-order valence-electron chi connectivity index (χ1n) is 9.12. The van der Waals surface area contributed by atoms with E-state index in [1.165, 1.54) is 32.2 Å². The van der Waals surface area contributed by atoms with Gasteiger partial charge < -0.3 is 4.74 Å². The Bertz CT molecular complexity index is 1030. The fourth-order valence-electron chi connectivity index (χ4n) is 3.48. The highest BCUT2D eigenvalue weighted by molar-refractivity contribution is 7.64. The topological polar surface area (TPSA) is 9.23 Å². The molecule has 0 saturated heterocycles. The lowest BCUT2D eigenvalue weighted by Gasteiger charge is -2.21. The largest absolute Gasteiger partial charge is 0.455 e. The zero-order chi connectivity index (χ0) is 19.0. The predicted molar refractivity (Wildman–Crippen MR) is 125 cm³/mol. The van der Waals surface area contributed by atoms with Gasteiger partial charge in [-0.05, 0) is 37.4 Å². The summed E-state index contributed by atoms with van der Waals surface area (Å²) in [5, 5.41) is 7.48. The normalized spacial score (nSPS) is 11.6. The van der Waals surface area contributed by atoms with Crippen LogP contribution in [0.15, 0.2) is 72.8 Å². The van der Waals surface area contributed by atoms with Crippen molar-refractivity contribution < 1.29 is 4.74 Å². The molecule has 0 heterocycles. The van der Waals surface area contributed by atoms with E-state index in [1.54, 1.807) is 0 Å². The average Bonchev–Trinajstić information content (AvgIpc) is 2.68. The van der Waals surface area contributed by atoms with Gasteiger partial charge in [0.15, 0.2) is 0 Å². The van der Waals surface area contributed by atoms with Crippen molar-refractivity contribution in [2.45, 2.75) is 0 Å². The molecule has 3 heteroatoms. The second kappa shape index (κ2) is 7.59. The van der Waals surface area contributed by atoms with Gasteiger partial charge in [0.05, 0.1) is 0 Å².